The molecule has 0 aliphatic carbocycles. The number of hydrogen-bond donors (Lipinski definition) is 1. The topological polar surface area (TPSA) is 30.5 Å². The van der Waals surface area contributed by atoms with Crippen LogP contribution in [0.1, 0.15) is 5.56 Å². The maximum atomic E-state index is 4.72. The fourth-order valence-electron chi connectivity index (χ4n) is 1.25. The Morgan fingerprint density at radius 1 is 1.33 bits per heavy atom. The Bertz CT molecular complexity index is 232. The summed E-state index contributed by atoms with van der Waals surface area (Å²) in [7, 11) is 0. The molecule has 1 N–H and O–H groups in total. The van der Waals surface area contributed by atoms with Crippen LogP contribution in [0.25, 0.3) is 0 Å². The number of benzene rings is 1. The van der Waals surface area contributed by atoms with Crippen molar-refractivity contribution < 1.29 is 9.88 Å². The van der Waals surface area contributed by atoms with Crippen LogP contribution in [0.3, 0.4) is 0 Å². The van der Waals surface area contributed by atoms with E-state index in [4.69, 9.17) is 4.89 Å². The van der Waals surface area contributed by atoms with Crippen molar-refractivity contribution in [3.63, 3.8) is 0 Å². The molecule has 2 rings (SSSR count). The van der Waals surface area contributed by atoms with E-state index in [0.29, 0.717) is 6.61 Å². The Morgan fingerprint density at radius 3 is 2.83 bits per heavy atom. The first kappa shape index (κ1) is 7.73. The number of hydrogen-bond acceptors (Lipinski definition) is 3. The third-order valence-corrected chi connectivity index (χ3v) is 1.87. The van der Waals surface area contributed by atoms with Crippen LogP contribution in [-0.4, -0.2) is 12.6 Å². The first-order valence-electron chi connectivity index (χ1n) is 4.03. The van der Waals surface area contributed by atoms with Crippen molar-refractivity contribution >= 4 is 0 Å². The van der Waals surface area contributed by atoms with E-state index in [2.05, 4.69) is 22.6 Å². The first-order chi connectivity index (χ1) is 5.95. The summed E-state index contributed by atoms with van der Waals surface area (Å²) in [5, 5.41) is 0. The zero-order valence-electron chi connectivity index (χ0n) is 6.69. The molecule has 1 aliphatic heterocycles. The van der Waals surface area contributed by atoms with Crippen LogP contribution >= 0.6 is 0 Å². The highest BCUT2D eigenvalue weighted by molar-refractivity contribution is 5.15. The lowest BCUT2D eigenvalue weighted by molar-refractivity contribution is -0.285. The number of nitrogens with one attached hydrogen (secondary N) is 1. The lowest BCUT2D eigenvalue weighted by Gasteiger charge is -2.04. The van der Waals surface area contributed by atoms with Gasteiger partial charge in [0, 0.05) is 0 Å². The van der Waals surface area contributed by atoms with Crippen molar-refractivity contribution in [3.05, 3.63) is 35.9 Å². The molecule has 1 aromatic carbocycles. The van der Waals surface area contributed by atoms with Crippen molar-refractivity contribution in [2.24, 2.45) is 0 Å². The molecular weight excluding hydrogens is 154 g/mol. The first-order valence-corrected chi connectivity index (χ1v) is 4.03. The standard InChI is InChI=1S/C9H11NO2/c1-2-4-8(5-3-1)6-9-7-11-12-10-9/h1-5,9-10H,6-7H2. The van der Waals surface area contributed by atoms with Crippen molar-refractivity contribution in [3.8, 4) is 0 Å². The third-order valence-electron chi connectivity index (χ3n) is 1.87. The van der Waals surface area contributed by atoms with Gasteiger partial charge in [-0.1, -0.05) is 30.3 Å². The zero-order valence-corrected chi connectivity index (χ0v) is 6.69. The molecule has 1 aliphatic rings. The molecule has 0 amide bonds. The van der Waals surface area contributed by atoms with Gasteiger partial charge in [-0.25, -0.2) is 4.89 Å². The summed E-state index contributed by atoms with van der Waals surface area (Å²) in [5.74, 6) is 0. The van der Waals surface area contributed by atoms with Crippen molar-refractivity contribution in [1.82, 2.24) is 5.48 Å². The van der Waals surface area contributed by atoms with Gasteiger partial charge in [0.1, 0.15) is 6.61 Å². The Labute approximate surface area is 71.2 Å². The van der Waals surface area contributed by atoms with Crippen LogP contribution < -0.4 is 5.48 Å². The second-order valence-corrected chi connectivity index (χ2v) is 2.87. The summed E-state index contributed by atoms with van der Waals surface area (Å²) in [6.07, 6.45) is 0.945. The van der Waals surface area contributed by atoms with E-state index in [1.165, 1.54) is 5.56 Å². The van der Waals surface area contributed by atoms with Crippen LogP contribution in [0.5, 0.6) is 0 Å². The molecule has 0 aromatic heterocycles. The minimum absolute atomic E-state index is 0.285. The van der Waals surface area contributed by atoms with Crippen LogP contribution in [0, 0.1) is 0 Å². The molecule has 0 spiro atoms. The molecule has 1 fully saturated rings. The highest BCUT2D eigenvalue weighted by atomic mass is 17.3. The van der Waals surface area contributed by atoms with Gasteiger partial charge >= 0.3 is 0 Å². The molecule has 1 saturated heterocycles. The molecule has 12 heavy (non-hydrogen) atoms. The average molecular weight is 165 g/mol. The van der Waals surface area contributed by atoms with E-state index in [9.17, 15) is 0 Å². The SMILES string of the molecule is c1ccc(CC2COON2)cc1. The second-order valence-electron chi connectivity index (χ2n) is 2.87. The minimum atomic E-state index is 0.285. The summed E-state index contributed by atoms with van der Waals surface area (Å²) in [5.41, 5.74) is 4.08. The maximum Gasteiger partial charge on any atom is 0.102 e. The Hall–Kier alpha value is -0.900. The molecule has 1 heterocycles. The third kappa shape index (κ3) is 1.82. The smallest absolute Gasteiger partial charge is 0.102 e. The summed E-state index contributed by atoms with van der Waals surface area (Å²) in [6.45, 7) is 0.620. The molecule has 3 nitrogen and oxygen atoms in total. The minimum Gasteiger partial charge on any atom is -0.216 e. The van der Waals surface area contributed by atoms with E-state index in [1.54, 1.807) is 0 Å². The highest BCUT2D eigenvalue weighted by Crippen LogP contribution is 2.06. The molecule has 1 unspecified atom stereocenters. The van der Waals surface area contributed by atoms with Crippen molar-refractivity contribution in [1.29, 1.82) is 0 Å². The quantitative estimate of drug-likeness (QED) is 0.665. The van der Waals surface area contributed by atoms with Gasteiger partial charge in [0.25, 0.3) is 0 Å². The normalized spacial score (nSPS) is 22.8. The Kier molecular flexibility index (Phi) is 2.36. The average Bonchev–Trinajstić information content (AvgIpc) is 2.59. The highest BCUT2D eigenvalue weighted by Gasteiger charge is 2.16. The lowest BCUT2D eigenvalue weighted by atomic mass is 10.1. The Morgan fingerprint density at radius 2 is 2.17 bits per heavy atom. The molecule has 0 bridgehead atoms. The predicted molar refractivity (Wildman–Crippen MR) is 44.1 cm³/mol. The summed E-state index contributed by atoms with van der Waals surface area (Å²) < 4.78 is 0. The maximum absolute atomic E-state index is 4.72. The fourth-order valence-corrected chi connectivity index (χ4v) is 1.25. The Balaban J connectivity index is 1.94. The van der Waals surface area contributed by atoms with Gasteiger partial charge in [-0.15, -0.1) is 4.99 Å². The summed E-state index contributed by atoms with van der Waals surface area (Å²) in [4.78, 5) is 9.30. The van der Waals surface area contributed by atoms with Gasteiger partial charge in [-0.2, -0.15) is 5.48 Å². The van der Waals surface area contributed by atoms with Gasteiger partial charge in [-0.3, -0.25) is 0 Å². The van der Waals surface area contributed by atoms with Crippen molar-refractivity contribution in [2.45, 2.75) is 12.5 Å². The van der Waals surface area contributed by atoms with E-state index < -0.39 is 0 Å². The van der Waals surface area contributed by atoms with E-state index >= 15 is 0 Å². The predicted octanol–water partition coefficient (Wildman–Crippen LogP) is 1.06. The van der Waals surface area contributed by atoms with Gasteiger partial charge in [0.15, 0.2) is 0 Å². The van der Waals surface area contributed by atoms with E-state index in [1.807, 2.05) is 18.2 Å². The fraction of sp³-hybridized carbons (Fsp3) is 0.333. The number of rotatable bonds is 2. The molecule has 0 saturated carbocycles. The molecular formula is C9H11NO2. The van der Waals surface area contributed by atoms with E-state index in [0.717, 1.165) is 6.42 Å². The lowest BCUT2D eigenvalue weighted by Crippen LogP contribution is -2.24. The zero-order chi connectivity index (χ0) is 8.23. The molecule has 1 atom stereocenters. The second kappa shape index (κ2) is 3.67. The number of hydroxylamine groups is 1. The molecule has 0 radical (unpaired) electrons. The summed E-state index contributed by atoms with van der Waals surface area (Å²) >= 11 is 0. The summed E-state index contributed by atoms with van der Waals surface area (Å²) in [6, 6.07) is 10.6. The molecule has 1 aromatic rings. The molecule has 3 heteroatoms. The van der Waals surface area contributed by atoms with Crippen LogP contribution in [0.15, 0.2) is 30.3 Å². The largest absolute Gasteiger partial charge is 0.216 e. The van der Waals surface area contributed by atoms with E-state index in [-0.39, 0.29) is 6.04 Å². The van der Waals surface area contributed by atoms with Gasteiger partial charge in [0.05, 0.1) is 6.04 Å². The van der Waals surface area contributed by atoms with Crippen molar-refractivity contribution in [2.75, 3.05) is 6.61 Å². The van der Waals surface area contributed by atoms with Gasteiger partial charge < -0.3 is 0 Å². The van der Waals surface area contributed by atoms with Crippen LogP contribution in [0.4, 0.5) is 0 Å². The molecule has 64 valence electrons. The van der Waals surface area contributed by atoms with Crippen LogP contribution in [-0.2, 0) is 16.3 Å². The monoisotopic (exact) mass is 165 g/mol. The van der Waals surface area contributed by atoms with Gasteiger partial charge in [0.2, 0.25) is 0 Å². The van der Waals surface area contributed by atoms with Crippen LogP contribution in [0.2, 0.25) is 0 Å². The van der Waals surface area contributed by atoms with Gasteiger partial charge in [-0.05, 0) is 12.0 Å².